The molecule has 0 spiro atoms. The maximum atomic E-state index is 2.64. The van der Waals surface area contributed by atoms with Crippen LogP contribution >= 0.6 is 0 Å². The summed E-state index contributed by atoms with van der Waals surface area (Å²) in [5.41, 5.74) is 37.1. The minimum atomic E-state index is -0.195. The molecular formula is C104H91BN4. The van der Waals surface area contributed by atoms with Gasteiger partial charge in [0.05, 0.1) is 27.8 Å². The second kappa shape index (κ2) is 24.4. The zero-order valence-electron chi connectivity index (χ0n) is 64.6. The topological polar surface area (TPSA) is 16.3 Å². The first kappa shape index (κ1) is 66.8. The number of hydrogen-bond acceptors (Lipinski definition) is 2. The number of aromatic nitrogens is 2. The number of nitrogens with zero attached hydrogens (tertiary/aromatic N) is 4. The summed E-state index contributed by atoms with van der Waals surface area (Å²) >= 11 is 0. The molecule has 2 aromatic heterocycles. The van der Waals surface area contributed by atoms with Crippen LogP contribution in [-0.4, -0.2) is 15.8 Å². The summed E-state index contributed by atoms with van der Waals surface area (Å²) in [5, 5.41) is 4.89. The number of para-hydroxylation sites is 2. The van der Waals surface area contributed by atoms with Crippen LogP contribution in [0.5, 0.6) is 0 Å². The fourth-order valence-electron chi connectivity index (χ4n) is 19.4. The zero-order chi connectivity index (χ0) is 74.2. The average Bonchev–Trinajstić information content (AvgIpc) is 1.42. The zero-order valence-corrected chi connectivity index (χ0v) is 64.6. The highest BCUT2D eigenvalue weighted by atomic mass is 15.2. The van der Waals surface area contributed by atoms with E-state index < -0.39 is 0 Å². The summed E-state index contributed by atoms with van der Waals surface area (Å²) in [6.45, 7) is 26.3. The van der Waals surface area contributed by atoms with Gasteiger partial charge in [0.1, 0.15) is 0 Å². The van der Waals surface area contributed by atoms with E-state index in [9.17, 15) is 0 Å². The van der Waals surface area contributed by atoms with Gasteiger partial charge in [-0.1, -0.05) is 288 Å². The lowest BCUT2D eigenvalue weighted by molar-refractivity contribution is 0.332. The van der Waals surface area contributed by atoms with E-state index in [0.717, 1.165) is 63.0 Å². The SMILES string of the molecule is CC(C)(C)c1cccc(-c2ccc3c(c2)B2c4ccc(-n5c6ccccc6c6cc(-c7ccccc7)ccc65)cc4N(c4ccc(-c5ccc6c(c5)C(C)(C)CCC6(C)C)cc4)c4cc(-n5c6ccccc6c6cc(-c7ccccc7)ccc65)cc(c42)N3c2ccc(-c3ccc4c(c3)C(C)(C)CCC4(C)C)cc2)c1. The van der Waals surface area contributed by atoms with Gasteiger partial charge in [-0.25, -0.2) is 0 Å². The highest BCUT2D eigenvalue weighted by Crippen LogP contribution is 2.52. The molecule has 2 aliphatic heterocycles. The molecule has 109 heavy (non-hydrogen) atoms. The third-order valence-electron chi connectivity index (χ3n) is 25.8. The molecule has 0 saturated carbocycles. The predicted octanol–water partition coefficient (Wildman–Crippen LogP) is 26.3. The number of fused-ring (bicyclic) bond motifs is 12. The van der Waals surface area contributed by atoms with Crippen LogP contribution in [0.25, 0.3) is 111 Å². The highest BCUT2D eigenvalue weighted by Gasteiger charge is 2.45. The highest BCUT2D eigenvalue weighted by molar-refractivity contribution is 7.00. The second-order valence-electron chi connectivity index (χ2n) is 35.4. The van der Waals surface area contributed by atoms with Crippen molar-refractivity contribution in [1.29, 1.82) is 0 Å². The molecule has 4 heterocycles. The van der Waals surface area contributed by atoms with Crippen molar-refractivity contribution in [1.82, 2.24) is 9.13 Å². The van der Waals surface area contributed by atoms with Crippen LogP contribution in [-0.2, 0) is 27.1 Å². The Balaban J connectivity index is 0.866. The summed E-state index contributed by atoms with van der Waals surface area (Å²) in [4.78, 5) is 5.26. The van der Waals surface area contributed by atoms with Gasteiger partial charge >= 0.3 is 0 Å². The van der Waals surface area contributed by atoms with Gasteiger partial charge in [-0.15, -0.1) is 0 Å². The van der Waals surface area contributed by atoms with E-state index in [0.29, 0.717) is 0 Å². The maximum absolute atomic E-state index is 2.64. The van der Waals surface area contributed by atoms with Crippen molar-refractivity contribution in [3.05, 3.63) is 331 Å². The molecule has 4 aliphatic rings. The molecule has 530 valence electrons. The number of hydrogen-bond donors (Lipinski definition) is 0. The maximum Gasteiger partial charge on any atom is 0.252 e. The Morgan fingerprint density at radius 1 is 0.257 bits per heavy atom. The second-order valence-corrected chi connectivity index (χ2v) is 35.4. The molecule has 20 rings (SSSR count). The minimum Gasteiger partial charge on any atom is -0.311 e. The quantitative estimate of drug-likeness (QED) is 0.134. The van der Waals surface area contributed by atoms with Crippen molar-refractivity contribution in [2.75, 3.05) is 9.80 Å². The first-order valence-electron chi connectivity index (χ1n) is 39.5. The van der Waals surface area contributed by atoms with Gasteiger partial charge in [-0.2, -0.15) is 0 Å². The summed E-state index contributed by atoms with van der Waals surface area (Å²) in [5.74, 6) is 0. The van der Waals surface area contributed by atoms with Crippen LogP contribution in [0.1, 0.15) is 130 Å². The Labute approximate surface area is 642 Å². The molecule has 5 heteroatoms. The van der Waals surface area contributed by atoms with Gasteiger partial charge in [0, 0.05) is 61.4 Å². The summed E-state index contributed by atoms with van der Waals surface area (Å²) in [6.07, 6.45) is 4.69. The third-order valence-corrected chi connectivity index (χ3v) is 25.8. The van der Waals surface area contributed by atoms with Crippen molar-refractivity contribution in [2.24, 2.45) is 0 Å². The van der Waals surface area contributed by atoms with Crippen molar-refractivity contribution in [3.8, 4) is 67.0 Å². The molecule has 0 amide bonds. The molecule has 0 atom stereocenters. The fraction of sp³-hybridized carbons (Fsp3) is 0.192. The van der Waals surface area contributed by atoms with E-state index in [1.165, 1.54) is 152 Å². The van der Waals surface area contributed by atoms with Gasteiger partial charge in [0.15, 0.2) is 0 Å². The average molecular weight is 1410 g/mol. The fourth-order valence-corrected chi connectivity index (χ4v) is 19.4. The first-order valence-corrected chi connectivity index (χ1v) is 39.5. The molecule has 0 radical (unpaired) electrons. The van der Waals surface area contributed by atoms with Gasteiger partial charge in [0.2, 0.25) is 0 Å². The molecule has 14 aromatic carbocycles. The van der Waals surface area contributed by atoms with Crippen molar-refractivity contribution in [3.63, 3.8) is 0 Å². The molecule has 2 aliphatic carbocycles. The van der Waals surface area contributed by atoms with Crippen molar-refractivity contribution < 1.29 is 0 Å². The Morgan fingerprint density at radius 2 is 0.633 bits per heavy atom. The Morgan fingerprint density at radius 3 is 1.15 bits per heavy atom. The largest absolute Gasteiger partial charge is 0.311 e. The molecule has 16 aromatic rings. The van der Waals surface area contributed by atoms with E-state index in [1.54, 1.807) is 0 Å². The monoisotopic (exact) mass is 1410 g/mol. The summed E-state index contributed by atoms with van der Waals surface area (Å²) in [7, 11) is 0. The molecule has 0 saturated heterocycles. The Kier molecular flexibility index (Phi) is 15.0. The summed E-state index contributed by atoms with van der Waals surface area (Å²) < 4.78 is 5.07. The summed E-state index contributed by atoms with van der Waals surface area (Å²) in [6, 6.07) is 117. The van der Waals surface area contributed by atoms with Gasteiger partial charge in [0.25, 0.3) is 6.71 Å². The van der Waals surface area contributed by atoms with Crippen molar-refractivity contribution >= 4 is 101 Å². The molecule has 0 N–H and O–H groups in total. The van der Waals surface area contributed by atoms with Gasteiger partial charge in [-0.05, 0) is 244 Å². The van der Waals surface area contributed by atoms with E-state index in [4.69, 9.17) is 0 Å². The Bertz CT molecular complexity index is 6390. The van der Waals surface area contributed by atoms with Crippen LogP contribution in [0.2, 0.25) is 0 Å². The molecular weight excluding hydrogens is 1320 g/mol. The molecule has 4 nitrogen and oxygen atoms in total. The van der Waals surface area contributed by atoms with E-state index in [-0.39, 0.29) is 33.8 Å². The van der Waals surface area contributed by atoms with Crippen LogP contribution < -0.4 is 26.2 Å². The minimum absolute atomic E-state index is 0.0396. The van der Waals surface area contributed by atoms with Crippen LogP contribution in [0.15, 0.2) is 303 Å². The lowest BCUT2D eigenvalue weighted by Gasteiger charge is -2.44. The van der Waals surface area contributed by atoms with Crippen LogP contribution in [0.4, 0.5) is 34.1 Å². The first-order chi connectivity index (χ1) is 52.6. The smallest absolute Gasteiger partial charge is 0.252 e. The standard InChI is InChI=1S/C104H91BN4/c1-100(2,3)76-28-22-27-70(57-76)75-41-52-95-90(62-75)105-89-49-46-79(108-91-31-20-18-29-81(91)83-58-71(39-50-93(83)108)66-23-14-12-15-24-66)63-96(89)107(78-44-35-69(36-45-78)74-38-48-86-88(61-74)104(10,11)56-54-102(86,6)7)98-65-80(109-92-32-21-19-30-82(92)84-59-72(40-51-94(84)109)67-25-16-13-17-26-67)64-97(99(98)105)106(95)77-42-33-68(34-43-77)73-37-47-85-87(60-73)103(8,9)55-53-101(85,4)5/h12-52,57-65H,53-56H2,1-11H3. The van der Waals surface area contributed by atoms with E-state index >= 15 is 0 Å². The van der Waals surface area contributed by atoms with E-state index in [1.807, 2.05) is 0 Å². The normalized spacial score (nSPS) is 15.8. The lowest BCUT2D eigenvalue weighted by atomic mass is 9.33. The third kappa shape index (κ3) is 10.8. The number of benzene rings is 14. The predicted molar refractivity (Wildman–Crippen MR) is 466 cm³/mol. The van der Waals surface area contributed by atoms with Crippen LogP contribution in [0, 0.1) is 0 Å². The van der Waals surface area contributed by atoms with Crippen LogP contribution in [0.3, 0.4) is 0 Å². The van der Waals surface area contributed by atoms with Gasteiger partial charge < -0.3 is 18.9 Å². The molecule has 0 bridgehead atoms. The number of rotatable bonds is 9. The number of anilines is 6. The Hall–Kier alpha value is -11.7. The lowest BCUT2D eigenvalue weighted by Crippen LogP contribution is -2.61. The van der Waals surface area contributed by atoms with Gasteiger partial charge in [-0.3, -0.25) is 0 Å². The van der Waals surface area contributed by atoms with E-state index in [2.05, 4.69) is 398 Å². The molecule has 0 fully saturated rings. The molecule has 0 unspecified atom stereocenters. The van der Waals surface area contributed by atoms with Crippen molar-refractivity contribution in [2.45, 2.75) is 129 Å².